The number of ether oxygens (including phenoxy) is 3. The van der Waals surface area contributed by atoms with Crippen molar-refractivity contribution >= 4 is 19.7 Å². The topological polar surface area (TPSA) is 112 Å². The van der Waals surface area contributed by atoms with Crippen molar-refractivity contribution in [2.75, 3.05) is 20.8 Å². The average Bonchev–Trinajstić information content (AvgIpc) is 2.62. The number of Topliss-reactive ketones (excluding diaryl/α,β-unsaturated/α-hetero) is 1. The maximum atomic E-state index is 12.7. The number of methoxy groups -OCH3 is 2. The largest absolute Gasteiger partial charge is 0.524 e. The Morgan fingerprint density at radius 3 is 2.52 bits per heavy atom. The van der Waals surface area contributed by atoms with Crippen LogP contribution in [0.3, 0.4) is 0 Å². The SMILES string of the molecule is COc1ccc2c(c1)OC/C(=C\c1ccc(OC)c(OP(=O)(O)O)c1)C2=O. The van der Waals surface area contributed by atoms with Crippen LogP contribution in [0.4, 0.5) is 0 Å². The van der Waals surface area contributed by atoms with Gasteiger partial charge in [-0.3, -0.25) is 14.6 Å². The van der Waals surface area contributed by atoms with Crippen LogP contribution in [0, 0.1) is 0 Å². The fraction of sp³-hybridized carbons (Fsp3) is 0.167. The van der Waals surface area contributed by atoms with E-state index in [0.717, 1.165) is 0 Å². The molecule has 0 aliphatic carbocycles. The van der Waals surface area contributed by atoms with E-state index in [9.17, 15) is 9.36 Å². The Balaban J connectivity index is 1.93. The molecule has 0 bridgehead atoms. The quantitative estimate of drug-likeness (QED) is 0.590. The third-order valence-electron chi connectivity index (χ3n) is 3.85. The summed E-state index contributed by atoms with van der Waals surface area (Å²) >= 11 is 0. The maximum Gasteiger partial charge on any atom is 0.524 e. The van der Waals surface area contributed by atoms with Crippen LogP contribution >= 0.6 is 7.82 Å². The molecule has 2 aromatic carbocycles. The van der Waals surface area contributed by atoms with Crippen molar-refractivity contribution in [2.24, 2.45) is 0 Å². The Hall–Kier alpha value is -2.80. The average molecular weight is 392 g/mol. The van der Waals surface area contributed by atoms with Crippen LogP contribution in [0.5, 0.6) is 23.0 Å². The van der Waals surface area contributed by atoms with Gasteiger partial charge >= 0.3 is 7.82 Å². The molecule has 8 nitrogen and oxygen atoms in total. The van der Waals surface area contributed by atoms with Crippen LogP contribution < -0.4 is 18.7 Å². The molecule has 0 saturated heterocycles. The van der Waals surface area contributed by atoms with Crippen molar-refractivity contribution < 1.29 is 37.9 Å². The molecular weight excluding hydrogens is 375 g/mol. The summed E-state index contributed by atoms with van der Waals surface area (Å²) in [6.45, 7) is 0.0553. The Morgan fingerprint density at radius 1 is 1.07 bits per heavy atom. The minimum atomic E-state index is -4.76. The molecule has 0 fully saturated rings. The minimum Gasteiger partial charge on any atom is -0.497 e. The number of phosphoric ester groups is 1. The lowest BCUT2D eigenvalue weighted by Crippen LogP contribution is -2.19. The van der Waals surface area contributed by atoms with E-state index in [0.29, 0.717) is 28.2 Å². The number of phosphoric acid groups is 1. The second kappa shape index (κ2) is 7.44. The summed E-state index contributed by atoms with van der Waals surface area (Å²) in [5.41, 5.74) is 1.30. The summed E-state index contributed by atoms with van der Waals surface area (Å²) < 4.78 is 31.6. The zero-order valence-corrected chi connectivity index (χ0v) is 15.4. The van der Waals surface area contributed by atoms with Crippen molar-refractivity contribution in [1.82, 2.24) is 0 Å². The molecule has 0 aromatic heterocycles. The Kier molecular flexibility index (Phi) is 5.23. The number of ketones is 1. The fourth-order valence-corrected chi connectivity index (χ4v) is 3.02. The van der Waals surface area contributed by atoms with E-state index < -0.39 is 7.82 Å². The van der Waals surface area contributed by atoms with E-state index in [1.807, 2.05) is 0 Å². The number of carbonyl (C=O) groups is 1. The summed E-state index contributed by atoms with van der Waals surface area (Å²) in [4.78, 5) is 30.7. The molecular formula is C18H17O8P. The highest BCUT2D eigenvalue weighted by atomic mass is 31.2. The molecule has 0 unspecified atom stereocenters. The summed E-state index contributed by atoms with van der Waals surface area (Å²) in [5.74, 6) is 0.853. The first-order valence-corrected chi connectivity index (χ1v) is 9.33. The van der Waals surface area contributed by atoms with Crippen LogP contribution in [0.2, 0.25) is 0 Å². The summed E-state index contributed by atoms with van der Waals surface area (Å²) in [5, 5.41) is 0. The van der Waals surface area contributed by atoms with Crippen LogP contribution in [-0.4, -0.2) is 36.4 Å². The predicted molar refractivity (Wildman–Crippen MR) is 96.5 cm³/mol. The van der Waals surface area contributed by atoms with Gasteiger partial charge in [-0.05, 0) is 35.9 Å². The van der Waals surface area contributed by atoms with Gasteiger partial charge in [0.1, 0.15) is 18.1 Å². The summed E-state index contributed by atoms with van der Waals surface area (Å²) in [7, 11) is -1.88. The van der Waals surface area contributed by atoms with Crippen LogP contribution in [0.25, 0.3) is 6.08 Å². The van der Waals surface area contributed by atoms with Gasteiger partial charge in [-0.15, -0.1) is 0 Å². The van der Waals surface area contributed by atoms with Gasteiger partial charge in [-0.1, -0.05) is 6.07 Å². The van der Waals surface area contributed by atoms with Gasteiger partial charge in [0.25, 0.3) is 0 Å². The van der Waals surface area contributed by atoms with Crippen molar-refractivity contribution in [3.05, 3.63) is 53.1 Å². The highest BCUT2D eigenvalue weighted by Crippen LogP contribution is 2.42. The first-order chi connectivity index (χ1) is 12.8. The highest BCUT2D eigenvalue weighted by Gasteiger charge is 2.24. The lowest BCUT2D eigenvalue weighted by atomic mass is 9.98. The Morgan fingerprint density at radius 2 is 1.85 bits per heavy atom. The molecule has 0 atom stereocenters. The van der Waals surface area contributed by atoms with E-state index in [1.165, 1.54) is 26.4 Å². The van der Waals surface area contributed by atoms with E-state index >= 15 is 0 Å². The highest BCUT2D eigenvalue weighted by molar-refractivity contribution is 7.46. The first-order valence-electron chi connectivity index (χ1n) is 7.80. The van der Waals surface area contributed by atoms with Gasteiger partial charge in [-0.2, -0.15) is 0 Å². The minimum absolute atomic E-state index is 0.0553. The molecule has 1 aliphatic heterocycles. The number of benzene rings is 2. The number of carbonyl (C=O) groups excluding carboxylic acids is 1. The Labute approximate surface area is 155 Å². The normalized spacial score (nSPS) is 15.1. The standard InChI is InChI=1S/C18H17O8P/c1-23-13-4-5-14-16(9-13)25-10-12(18(14)19)7-11-3-6-15(24-2)17(8-11)26-27(20,21)22/h3-9H,10H2,1-2H3,(H2,20,21,22)/b12-7+. The van der Waals surface area contributed by atoms with Crippen molar-refractivity contribution in [3.63, 3.8) is 0 Å². The van der Waals surface area contributed by atoms with Crippen LogP contribution in [0.1, 0.15) is 15.9 Å². The number of rotatable bonds is 5. The molecule has 0 radical (unpaired) electrons. The number of fused-ring (bicyclic) bond motifs is 1. The second-order valence-electron chi connectivity index (χ2n) is 5.64. The Bertz CT molecular complexity index is 960. The van der Waals surface area contributed by atoms with Gasteiger partial charge < -0.3 is 18.7 Å². The van der Waals surface area contributed by atoms with Gasteiger partial charge in [-0.25, -0.2) is 4.57 Å². The zero-order chi connectivity index (χ0) is 19.6. The molecule has 0 spiro atoms. The monoisotopic (exact) mass is 392 g/mol. The maximum absolute atomic E-state index is 12.7. The molecule has 3 rings (SSSR count). The number of hydrogen-bond acceptors (Lipinski definition) is 6. The molecule has 142 valence electrons. The lowest BCUT2D eigenvalue weighted by molar-refractivity contribution is 0.100. The van der Waals surface area contributed by atoms with E-state index in [1.54, 1.807) is 30.3 Å². The van der Waals surface area contributed by atoms with Crippen molar-refractivity contribution in [2.45, 2.75) is 0 Å². The fourth-order valence-electron chi connectivity index (χ4n) is 2.62. The van der Waals surface area contributed by atoms with E-state index in [2.05, 4.69) is 4.52 Å². The van der Waals surface area contributed by atoms with Crippen LogP contribution in [-0.2, 0) is 4.57 Å². The smallest absolute Gasteiger partial charge is 0.497 e. The summed E-state index contributed by atoms with van der Waals surface area (Å²) in [6, 6.07) is 9.44. The second-order valence-corrected chi connectivity index (χ2v) is 6.81. The van der Waals surface area contributed by atoms with Gasteiger partial charge in [0, 0.05) is 11.6 Å². The summed E-state index contributed by atoms with van der Waals surface area (Å²) in [6.07, 6.45) is 1.57. The van der Waals surface area contributed by atoms with Gasteiger partial charge in [0.2, 0.25) is 0 Å². The third kappa shape index (κ3) is 4.31. The molecule has 27 heavy (non-hydrogen) atoms. The third-order valence-corrected chi connectivity index (χ3v) is 4.29. The lowest BCUT2D eigenvalue weighted by Gasteiger charge is -2.19. The molecule has 1 aliphatic rings. The van der Waals surface area contributed by atoms with Crippen molar-refractivity contribution in [3.8, 4) is 23.0 Å². The molecule has 0 saturated carbocycles. The van der Waals surface area contributed by atoms with Gasteiger partial charge in [0.15, 0.2) is 17.3 Å². The van der Waals surface area contributed by atoms with Gasteiger partial charge in [0.05, 0.1) is 19.8 Å². The van der Waals surface area contributed by atoms with E-state index in [-0.39, 0.29) is 23.9 Å². The molecule has 9 heteroatoms. The molecule has 2 N–H and O–H groups in total. The molecule has 0 amide bonds. The predicted octanol–water partition coefficient (Wildman–Crippen LogP) is 2.83. The first kappa shape index (κ1) is 19.0. The zero-order valence-electron chi connectivity index (χ0n) is 14.5. The van der Waals surface area contributed by atoms with E-state index in [4.69, 9.17) is 24.0 Å². The molecule has 2 aromatic rings. The molecule has 1 heterocycles. The van der Waals surface area contributed by atoms with Crippen LogP contribution in [0.15, 0.2) is 42.0 Å². The number of hydrogen-bond donors (Lipinski definition) is 2. The van der Waals surface area contributed by atoms with Crippen molar-refractivity contribution in [1.29, 1.82) is 0 Å².